The highest BCUT2D eigenvalue weighted by Gasteiger charge is 2.35. The largest absolute Gasteiger partial charge is 0.481 e. The lowest BCUT2D eigenvalue weighted by molar-refractivity contribution is -0.0218. The summed E-state index contributed by atoms with van der Waals surface area (Å²) in [6, 6.07) is 9.41. The maximum atomic E-state index is 13.3. The lowest BCUT2D eigenvalue weighted by atomic mass is 9.98. The maximum absolute atomic E-state index is 13.3. The molecule has 7 heteroatoms. The Morgan fingerprint density at radius 2 is 1.93 bits per heavy atom. The van der Waals surface area contributed by atoms with Gasteiger partial charge in [0.1, 0.15) is 0 Å². The normalized spacial score (nSPS) is 24.5. The Balaban J connectivity index is 1.52. The SMILES string of the molecule is COc1cc(C(=O)N2CC[C@@H](N3CCN(C)CC3)[C@H](O)C2)c2ccccc2n1. The van der Waals surface area contributed by atoms with Crippen molar-refractivity contribution in [3.05, 3.63) is 35.9 Å². The van der Waals surface area contributed by atoms with Crippen molar-refractivity contribution < 1.29 is 14.6 Å². The van der Waals surface area contributed by atoms with Gasteiger partial charge in [-0.1, -0.05) is 18.2 Å². The Hall–Kier alpha value is -2.22. The molecule has 1 amide bonds. The van der Waals surface area contributed by atoms with E-state index in [0.29, 0.717) is 24.5 Å². The number of hydrogen-bond donors (Lipinski definition) is 1. The molecule has 150 valence electrons. The lowest BCUT2D eigenvalue weighted by Gasteiger charge is -2.44. The second-order valence-corrected chi connectivity index (χ2v) is 7.74. The predicted octanol–water partition coefficient (Wildman–Crippen LogP) is 1.07. The number of amides is 1. The van der Waals surface area contributed by atoms with Crippen LogP contribution in [0.2, 0.25) is 0 Å². The van der Waals surface area contributed by atoms with E-state index in [2.05, 4.69) is 21.8 Å². The van der Waals surface area contributed by atoms with Gasteiger partial charge in [0.25, 0.3) is 5.91 Å². The number of fused-ring (bicyclic) bond motifs is 1. The molecule has 4 rings (SSSR count). The van der Waals surface area contributed by atoms with Gasteiger partial charge in [0, 0.05) is 56.8 Å². The number of methoxy groups -OCH3 is 1. The number of aliphatic hydroxyl groups is 1. The Kier molecular flexibility index (Phi) is 5.48. The van der Waals surface area contributed by atoms with E-state index < -0.39 is 6.10 Å². The molecule has 3 heterocycles. The van der Waals surface area contributed by atoms with Gasteiger partial charge in [-0.15, -0.1) is 0 Å². The molecule has 2 aliphatic rings. The molecule has 0 radical (unpaired) electrons. The van der Waals surface area contributed by atoms with Crippen molar-refractivity contribution in [2.45, 2.75) is 18.6 Å². The van der Waals surface area contributed by atoms with Crippen molar-refractivity contribution in [3.63, 3.8) is 0 Å². The monoisotopic (exact) mass is 384 g/mol. The molecular formula is C21H28N4O3. The van der Waals surface area contributed by atoms with Crippen LogP contribution in [-0.4, -0.2) is 96.3 Å². The van der Waals surface area contributed by atoms with E-state index in [1.54, 1.807) is 18.1 Å². The number of likely N-dealkylation sites (N-methyl/N-ethyl adjacent to an activating group) is 1. The van der Waals surface area contributed by atoms with Crippen molar-refractivity contribution in [1.29, 1.82) is 0 Å². The first kappa shape index (κ1) is 19.1. The molecule has 0 spiro atoms. The van der Waals surface area contributed by atoms with Gasteiger partial charge < -0.3 is 19.6 Å². The molecule has 2 fully saturated rings. The second-order valence-electron chi connectivity index (χ2n) is 7.74. The van der Waals surface area contributed by atoms with Crippen LogP contribution in [0.1, 0.15) is 16.8 Å². The fourth-order valence-electron chi connectivity index (χ4n) is 4.29. The minimum atomic E-state index is -0.531. The summed E-state index contributed by atoms with van der Waals surface area (Å²) in [6.45, 7) is 4.99. The lowest BCUT2D eigenvalue weighted by Crippen LogP contribution is -2.59. The highest BCUT2D eigenvalue weighted by Crippen LogP contribution is 2.26. The molecule has 1 aromatic carbocycles. The fraction of sp³-hybridized carbons (Fsp3) is 0.524. The van der Waals surface area contributed by atoms with Gasteiger partial charge in [-0.3, -0.25) is 9.69 Å². The zero-order valence-electron chi connectivity index (χ0n) is 16.5. The summed E-state index contributed by atoms with van der Waals surface area (Å²) in [7, 11) is 3.68. The molecule has 1 N–H and O–H groups in total. The number of ether oxygens (including phenoxy) is 1. The molecular weight excluding hydrogens is 356 g/mol. The van der Waals surface area contributed by atoms with Gasteiger partial charge >= 0.3 is 0 Å². The second kappa shape index (κ2) is 8.03. The van der Waals surface area contributed by atoms with Crippen LogP contribution in [0, 0.1) is 0 Å². The summed E-state index contributed by atoms with van der Waals surface area (Å²) in [5.41, 5.74) is 1.31. The Morgan fingerprint density at radius 3 is 2.64 bits per heavy atom. The van der Waals surface area contributed by atoms with E-state index >= 15 is 0 Å². The molecule has 2 saturated heterocycles. The van der Waals surface area contributed by atoms with Gasteiger partial charge in [-0.25, -0.2) is 4.98 Å². The summed E-state index contributed by atoms with van der Waals surface area (Å²) in [5, 5.41) is 11.6. The fourth-order valence-corrected chi connectivity index (χ4v) is 4.29. The average molecular weight is 384 g/mol. The van der Waals surface area contributed by atoms with Crippen LogP contribution in [0.4, 0.5) is 0 Å². The number of rotatable bonds is 3. The number of likely N-dealkylation sites (tertiary alicyclic amines) is 1. The van der Waals surface area contributed by atoms with Gasteiger partial charge in [-0.05, 0) is 19.5 Å². The standard InChI is InChI=1S/C21H28N4O3/c1-23-9-11-24(12-10-23)18-7-8-25(14-19(18)26)21(27)16-13-20(28-2)22-17-6-4-3-5-15(16)17/h3-6,13,18-19,26H,7-12,14H2,1-2H3/t18-,19-/m1/s1. The van der Waals surface area contributed by atoms with Crippen LogP contribution < -0.4 is 4.74 Å². The molecule has 1 aromatic heterocycles. The zero-order valence-corrected chi connectivity index (χ0v) is 16.5. The number of para-hydroxylation sites is 1. The van der Waals surface area contributed by atoms with Crippen molar-refractivity contribution in [1.82, 2.24) is 19.7 Å². The summed E-state index contributed by atoms with van der Waals surface area (Å²) < 4.78 is 5.28. The summed E-state index contributed by atoms with van der Waals surface area (Å²) >= 11 is 0. The zero-order chi connectivity index (χ0) is 19.7. The number of piperidine rings is 1. The number of benzene rings is 1. The smallest absolute Gasteiger partial charge is 0.254 e. The first-order valence-electron chi connectivity index (χ1n) is 9.90. The number of aromatic nitrogens is 1. The number of β-amino-alcohol motifs (C(OH)–C–C–N with tert-alkyl or cyclic N) is 1. The molecule has 0 aliphatic carbocycles. The maximum Gasteiger partial charge on any atom is 0.254 e. The predicted molar refractivity (Wildman–Crippen MR) is 108 cm³/mol. The Labute approximate surface area is 165 Å². The quantitative estimate of drug-likeness (QED) is 0.854. The molecule has 7 nitrogen and oxygen atoms in total. The van der Waals surface area contributed by atoms with Crippen LogP contribution in [-0.2, 0) is 0 Å². The van der Waals surface area contributed by atoms with Gasteiger partial charge in [0.15, 0.2) is 0 Å². The number of carbonyl (C=O) groups excluding carboxylic acids is 1. The minimum Gasteiger partial charge on any atom is -0.481 e. The Morgan fingerprint density at radius 1 is 1.18 bits per heavy atom. The molecule has 0 bridgehead atoms. The minimum absolute atomic E-state index is 0.0761. The van der Waals surface area contributed by atoms with E-state index in [0.717, 1.165) is 43.5 Å². The first-order valence-corrected chi connectivity index (χ1v) is 9.90. The molecule has 28 heavy (non-hydrogen) atoms. The van der Waals surface area contributed by atoms with Crippen molar-refractivity contribution >= 4 is 16.8 Å². The van der Waals surface area contributed by atoms with E-state index in [4.69, 9.17) is 4.74 Å². The third-order valence-corrected chi connectivity index (χ3v) is 5.97. The Bertz CT molecular complexity index is 851. The van der Waals surface area contributed by atoms with Crippen LogP contribution in [0.25, 0.3) is 10.9 Å². The van der Waals surface area contributed by atoms with E-state index in [-0.39, 0.29) is 11.9 Å². The van der Waals surface area contributed by atoms with Crippen LogP contribution >= 0.6 is 0 Å². The molecule has 0 saturated carbocycles. The van der Waals surface area contributed by atoms with Gasteiger partial charge in [0.2, 0.25) is 5.88 Å². The summed E-state index contributed by atoms with van der Waals surface area (Å²) in [5.74, 6) is 0.350. The van der Waals surface area contributed by atoms with Crippen LogP contribution in [0.15, 0.2) is 30.3 Å². The number of piperazine rings is 1. The third-order valence-electron chi connectivity index (χ3n) is 5.97. The first-order chi connectivity index (χ1) is 13.6. The van der Waals surface area contributed by atoms with Gasteiger partial charge in [0.05, 0.1) is 24.3 Å². The van der Waals surface area contributed by atoms with Crippen LogP contribution in [0.5, 0.6) is 5.88 Å². The topological polar surface area (TPSA) is 69.1 Å². The highest BCUT2D eigenvalue weighted by molar-refractivity contribution is 6.06. The molecule has 2 aromatic rings. The number of pyridine rings is 1. The number of carbonyl (C=O) groups is 1. The van der Waals surface area contributed by atoms with Gasteiger partial charge in [-0.2, -0.15) is 0 Å². The van der Waals surface area contributed by atoms with E-state index in [1.807, 2.05) is 24.3 Å². The molecule has 2 aliphatic heterocycles. The number of aliphatic hydroxyl groups excluding tert-OH is 1. The van der Waals surface area contributed by atoms with E-state index in [1.165, 1.54) is 0 Å². The number of nitrogens with zero attached hydrogens (tertiary/aromatic N) is 4. The third kappa shape index (κ3) is 3.70. The number of hydrogen-bond acceptors (Lipinski definition) is 6. The summed E-state index contributed by atoms with van der Waals surface area (Å²) in [4.78, 5) is 24.1. The van der Waals surface area contributed by atoms with E-state index in [9.17, 15) is 9.90 Å². The highest BCUT2D eigenvalue weighted by atomic mass is 16.5. The average Bonchev–Trinajstić information content (AvgIpc) is 2.73. The molecule has 2 atom stereocenters. The van der Waals surface area contributed by atoms with Crippen molar-refractivity contribution in [3.8, 4) is 5.88 Å². The van der Waals surface area contributed by atoms with Crippen LogP contribution in [0.3, 0.4) is 0 Å². The van der Waals surface area contributed by atoms with Crippen molar-refractivity contribution in [2.24, 2.45) is 0 Å². The summed E-state index contributed by atoms with van der Waals surface area (Å²) in [6.07, 6.45) is 0.257. The molecule has 0 unspecified atom stereocenters. The van der Waals surface area contributed by atoms with Crippen molar-refractivity contribution in [2.75, 3.05) is 53.4 Å².